The number of alkyl halides is 3. The van der Waals surface area contributed by atoms with E-state index in [9.17, 15) is 18.0 Å². The molecular formula is C8H12F3NO2. The molecule has 1 heterocycles. The molecular weight excluding hydrogens is 199 g/mol. The molecule has 1 rings (SSSR count). The molecule has 0 aromatic rings. The van der Waals surface area contributed by atoms with Gasteiger partial charge in [-0.05, 0) is 5.92 Å². The standard InChI is InChI=1S/C8H12F3NO2/c1-5(7(13)14)6-2-12(3-6)4-8(9,10)11/h5-6H,2-4H2,1H3,(H,13,14). The third kappa shape index (κ3) is 2.87. The number of hydrogen-bond donors (Lipinski definition) is 1. The molecule has 0 bridgehead atoms. The summed E-state index contributed by atoms with van der Waals surface area (Å²) in [7, 11) is 0. The fourth-order valence-corrected chi connectivity index (χ4v) is 1.51. The second-order valence-electron chi connectivity index (χ2n) is 3.70. The van der Waals surface area contributed by atoms with Gasteiger partial charge in [0.2, 0.25) is 0 Å². The maximum Gasteiger partial charge on any atom is 0.401 e. The summed E-state index contributed by atoms with van der Waals surface area (Å²) in [6, 6.07) is 0. The first-order valence-electron chi connectivity index (χ1n) is 4.31. The number of aliphatic carboxylic acids is 1. The number of likely N-dealkylation sites (tertiary alicyclic amines) is 1. The van der Waals surface area contributed by atoms with Gasteiger partial charge in [-0.1, -0.05) is 6.92 Å². The Kier molecular flexibility index (Phi) is 3.04. The lowest BCUT2D eigenvalue weighted by atomic mass is 9.87. The van der Waals surface area contributed by atoms with Gasteiger partial charge in [0.05, 0.1) is 12.5 Å². The van der Waals surface area contributed by atoms with Crippen LogP contribution in [-0.4, -0.2) is 41.8 Å². The largest absolute Gasteiger partial charge is 0.481 e. The lowest BCUT2D eigenvalue weighted by Gasteiger charge is -2.41. The number of carboxylic acid groups (broad SMARTS) is 1. The van der Waals surface area contributed by atoms with Gasteiger partial charge in [-0.3, -0.25) is 9.69 Å². The van der Waals surface area contributed by atoms with Crippen LogP contribution in [0.25, 0.3) is 0 Å². The summed E-state index contributed by atoms with van der Waals surface area (Å²) in [6.45, 7) is 1.05. The molecule has 0 aromatic carbocycles. The molecule has 14 heavy (non-hydrogen) atoms. The van der Waals surface area contributed by atoms with Gasteiger partial charge in [0.25, 0.3) is 0 Å². The number of hydrogen-bond acceptors (Lipinski definition) is 2. The fourth-order valence-electron chi connectivity index (χ4n) is 1.51. The topological polar surface area (TPSA) is 40.5 Å². The first kappa shape index (κ1) is 11.3. The fraction of sp³-hybridized carbons (Fsp3) is 0.875. The summed E-state index contributed by atoms with van der Waals surface area (Å²) in [6.07, 6.45) is -4.18. The zero-order chi connectivity index (χ0) is 10.9. The summed E-state index contributed by atoms with van der Waals surface area (Å²) in [5, 5.41) is 8.60. The van der Waals surface area contributed by atoms with Gasteiger partial charge in [-0.25, -0.2) is 0 Å². The number of carboxylic acids is 1. The summed E-state index contributed by atoms with van der Waals surface area (Å²) >= 11 is 0. The molecule has 1 unspecified atom stereocenters. The second-order valence-corrected chi connectivity index (χ2v) is 3.70. The third-order valence-electron chi connectivity index (χ3n) is 2.48. The van der Waals surface area contributed by atoms with Crippen LogP contribution >= 0.6 is 0 Å². The zero-order valence-corrected chi connectivity index (χ0v) is 7.71. The van der Waals surface area contributed by atoms with Crippen molar-refractivity contribution < 1.29 is 23.1 Å². The summed E-state index contributed by atoms with van der Waals surface area (Å²) in [5.74, 6) is -1.64. The van der Waals surface area contributed by atoms with Crippen LogP contribution in [0.4, 0.5) is 13.2 Å². The highest BCUT2D eigenvalue weighted by atomic mass is 19.4. The predicted molar refractivity (Wildman–Crippen MR) is 42.8 cm³/mol. The molecule has 1 N–H and O–H groups in total. The minimum absolute atomic E-state index is 0.144. The van der Waals surface area contributed by atoms with Gasteiger partial charge in [0.15, 0.2) is 0 Å². The maximum atomic E-state index is 11.9. The minimum Gasteiger partial charge on any atom is -0.481 e. The molecule has 1 fully saturated rings. The van der Waals surface area contributed by atoms with E-state index in [1.54, 1.807) is 0 Å². The zero-order valence-electron chi connectivity index (χ0n) is 7.71. The normalized spacial score (nSPS) is 21.7. The molecule has 0 radical (unpaired) electrons. The van der Waals surface area contributed by atoms with Gasteiger partial charge in [-0.2, -0.15) is 13.2 Å². The molecule has 0 saturated carbocycles. The predicted octanol–water partition coefficient (Wildman–Crippen LogP) is 1.20. The van der Waals surface area contributed by atoms with Crippen molar-refractivity contribution in [2.45, 2.75) is 13.1 Å². The monoisotopic (exact) mass is 211 g/mol. The first-order chi connectivity index (χ1) is 6.29. The molecule has 1 aliphatic heterocycles. The van der Waals surface area contributed by atoms with E-state index < -0.39 is 24.6 Å². The van der Waals surface area contributed by atoms with E-state index >= 15 is 0 Å². The van der Waals surface area contributed by atoms with Crippen LogP contribution in [0.15, 0.2) is 0 Å². The van der Waals surface area contributed by atoms with Crippen LogP contribution in [0.1, 0.15) is 6.92 Å². The Bertz CT molecular complexity index is 223. The molecule has 0 aliphatic carbocycles. The lowest BCUT2D eigenvalue weighted by molar-refractivity contribution is -0.164. The van der Waals surface area contributed by atoms with E-state index in [1.165, 1.54) is 11.8 Å². The van der Waals surface area contributed by atoms with Crippen LogP contribution in [0.3, 0.4) is 0 Å². The second kappa shape index (κ2) is 3.76. The molecule has 6 heteroatoms. The van der Waals surface area contributed by atoms with Crippen molar-refractivity contribution >= 4 is 5.97 Å². The molecule has 1 aliphatic rings. The van der Waals surface area contributed by atoms with Crippen molar-refractivity contribution in [3.8, 4) is 0 Å². The van der Waals surface area contributed by atoms with E-state index in [1.807, 2.05) is 0 Å². The van der Waals surface area contributed by atoms with E-state index in [2.05, 4.69) is 0 Å². The molecule has 1 saturated heterocycles. The average molecular weight is 211 g/mol. The van der Waals surface area contributed by atoms with Gasteiger partial charge >= 0.3 is 12.1 Å². The quantitative estimate of drug-likeness (QED) is 0.762. The third-order valence-corrected chi connectivity index (χ3v) is 2.48. The molecule has 0 spiro atoms. The van der Waals surface area contributed by atoms with Crippen molar-refractivity contribution in [3.63, 3.8) is 0 Å². The Hall–Kier alpha value is -0.780. The number of nitrogens with zero attached hydrogens (tertiary/aromatic N) is 1. The van der Waals surface area contributed by atoms with Crippen LogP contribution in [0.5, 0.6) is 0 Å². The van der Waals surface area contributed by atoms with Crippen molar-refractivity contribution in [1.82, 2.24) is 4.90 Å². The molecule has 82 valence electrons. The van der Waals surface area contributed by atoms with Gasteiger partial charge < -0.3 is 5.11 Å². The highest BCUT2D eigenvalue weighted by molar-refractivity contribution is 5.70. The highest BCUT2D eigenvalue weighted by Gasteiger charge is 2.40. The number of carbonyl (C=O) groups is 1. The van der Waals surface area contributed by atoms with Crippen LogP contribution < -0.4 is 0 Å². The van der Waals surface area contributed by atoms with Crippen molar-refractivity contribution in [3.05, 3.63) is 0 Å². The Balaban J connectivity index is 2.27. The Morgan fingerprint density at radius 3 is 2.43 bits per heavy atom. The van der Waals surface area contributed by atoms with Gasteiger partial charge in [0, 0.05) is 13.1 Å². The lowest BCUT2D eigenvalue weighted by Crippen LogP contribution is -2.53. The van der Waals surface area contributed by atoms with Crippen LogP contribution in [0, 0.1) is 11.8 Å². The van der Waals surface area contributed by atoms with Crippen molar-refractivity contribution in [1.29, 1.82) is 0 Å². The Labute approximate surface area is 79.5 Å². The summed E-state index contributed by atoms with van der Waals surface area (Å²) in [4.78, 5) is 11.7. The SMILES string of the molecule is CC(C(=O)O)C1CN(CC(F)(F)F)C1. The molecule has 0 amide bonds. The number of halogens is 3. The molecule has 1 atom stereocenters. The Morgan fingerprint density at radius 1 is 1.57 bits per heavy atom. The summed E-state index contributed by atoms with van der Waals surface area (Å²) in [5.41, 5.74) is 0. The van der Waals surface area contributed by atoms with Crippen LogP contribution in [0.2, 0.25) is 0 Å². The van der Waals surface area contributed by atoms with Gasteiger partial charge in [-0.15, -0.1) is 0 Å². The van der Waals surface area contributed by atoms with E-state index in [0.29, 0.717) is 0 Å². The smallest absolute Gasteiger partial charge is 0.401 e. The van der Waals surface area contributed by atoms with Gasteiger partial charge in [0.1, 0.15) is 0 Å². The van der Waals surface area contributed by atoms with E-state index in [4.69, 9.17) is 5.11 Å². The summed E-state index contributed by atoms with van der Waals surface area (Å²) < 4.78 is 35.6. The maximum absolute atomic E-state index is 11.9. The van der Waals surface area contributed by atoms with E-state index in [0.717, 1.165) is 0 Å². The van der Waals surface area contributed by atoms with E-state index in [-0.39, 0.29) is 19.0 Å². The van der Waals surface area contributed by atoms with Crippen molar-refractivity contribution in [2.75, 3.05) is 19.6 Å². The Morgan fingerprint density at radius 2 is 2.07 bits per heavy atom. The molecule has 3 nitrogen and oxygen atoms in total. The van der Waals surface area contributed by atoms with Crippen molar-refractivity contribution in [2.24, 2.45) is 11.8 Å². The van der Waals surface area contributed by atoms with Crippen LogP contribution in [-0.2, 0) is 4.79 Å². The first-order valence-corrected chi connectivity index (χ1v) is 4.31. The minimum atomic E-state index is -4.18. The highest BCUT2D eigenvalue weighted by Crippen LogP contribution is 2.27. The average Bonchev–Trinajstić information content (AvgIpc) is 1.92. The number of rotatable bonds is 3. The molecule has 0 aromatic heterocycles.